The van der Waals surface area contributed by atoms with Crippen LogP contribution in [0.5, 0.6) is 5.75 Å². The first kappa shape index (κ1) is 16.0. The molecule has 1 N–H and O–H groups in total. The van der Waals surface area contributed by atoms with Gasteiger partial charge in [0.05, 0.1) is 18.8 Å². The SMILES string of the molecule is CCOc1ccc(Br)c([C@H]2Nc3ccc(C)cc3[C@H]3OCC[C@@H]23)c1. The second-order valence-corrected chi connectivity index (χ2v) is 7.43. The second-order valence-electron chi connectivity index (χ2n) is 6.57. The molecule has 0 bridgehead atoms. The van der Waals surface area contributed by atoms with Crippen LogP contribution in [0.2, 0.25) is 0 Å². The Morgan fingerprint density at radius 2 is 2.08 bits per heavy atom. The van der Waals surface area contributed by atoms with Gasteiger partial charge in [0.1, 0.15) is 5.75 Å². The molecule has 4 rings (SSSR count). The summed E-state index contributed by atoms with van der Waals surface area (Å²) in [6.07, 6.45) is 1.25. The van der Waals surface area contributed by atoms with Crippen molar-refractivity contribution in [2.45, 2.75) is 32.4 Å². The lowest BCUT2D eigenvalue weighted by molar-refractivity contribution is 0.0828. The molecule has 0 spiro atoms. The van der Waals surface area contributed by atoms with Gasteiger partial charge in [-0.05, 0) is 50.1 Å². The van der Waals surface area contributed by atoms with Crippen LogP contribution in [-0.2, 0) is 4.74 Å². The van der Waals surface area contributed by atoms with Gasteiger partial charge in [-0.25, -0.2) is 0 Å². The summed E-state index contributed by atoms with van der Waals surface area (Å²) in [4.78, 5) is 0. The van der Waals surface area contributed by atoms with Gasteiger partial charge in [0, 0.05) is 28.2 Å². The summed E-state index contributed by atoms with van der Waals surface area (Å²) in [5.41, 5.74) is 5.00. The Bertz CT molecular complexity index is 761. The summed E-state index contributed by atoms with van der Waals surface area (Å²) in [5, 5.41) is 3.76. The predicted octanol–water partition coefficient (Wildman–Crippen LogP) is 5.40. The molecular formula is C20H22BrNO2. The highest BCUT2D eigenvalue weighted by Gasteiger charge is 2.42. The fourth-order valence-electron chi connectivity index (χ4n) is 3.92. The van der Waals surface area contributed by atoms with Crippen LogP contribution in [0, 0.1) is 12.8 Å². The number of benzene rings is 2. The van der Waals surface area contributed by atoms with Crippen molar-refractivity contribution < 1.29 is 9.47 Å². The number of nitrogens with one attached hydrogen (secondary N) is 1. The fourth-order valence-corrected chi connectivity index (χ4v) is 4.41. The summed E-state index contributed by atoms with van der Waals surface area (Å²) in [5.74, 6) is 1.36. The van der Waals surface area contributed by atoms with E-state index in [0.717, 1.165) is 23.2 Å². The quantitative estimate of drug-likeness (QED) is 0.764. The highest BCUT2D eigenvalue weighted by atomic mass is 79.9. The van der Waals surface area contributed by atoms with Crippen LogP contribution in [-0.4, -0.2) is 13.2 Å². The number of fused-ring (bicyclic) bond motifs is 3. The third kappa shape index (κ3) is 2.72. The monoisotopic (exact) mass is 387 g/mol. The van der Waals surface area contributed by atoms with E-state index < -0.39 is 0 Å². The van der Waals surface area contributed by atoms with Gasteiger partial charge < -0.3 is 14.8 Å². The smallest absolute Gasteiger partial charge is 0.119 e. The lowest BCUT2D eigenvalue weighted by Crippen LogP contribution is -2.29. The molecule has 2 heterocycles. The molecule has 2 aromatic rings. The van der Waals surface area contributed by atoms with Gasteiger partial charge in [0.2, 0.25) is 0 Å². The molecule has 2 aromatic carbocycles. The number of hydrogen-bond donors (Lipinski definition) is 1. The maximum Gasteiger partial charge on any atom is 0.119 e. The number of ether oxygens (including phenoxy) is 2. The zero-order valence-electron chi connectivity index (χ0n) is 14.0. The van der Waals surface area contributed by atoms with Crippen LogP contribution in [0.15, 0.2) is 40.9 Å². The van der Waals surface area contributed by atoms with Gasteiger partial charge in [0.25, 0.3) is 0 Å². The molecule has 126 valence electrons. The number of anilines is 1. The minimum atomic E-state index is 0.175. The first-order valence-corrected chi connectivity index (χ1v) is 9.37. The standard InChI is InChI=1S/C20H22BrNO2/c1-3-23-13-5-6-17(21)15(11-13)19-14-8-9-24-20(14)16-10-12(2)4-7-18(16)22-19/h4-7,10-11,14,19-20,22H,3,8-9H2,1-2H3/t14-,19-,20-/m0/s1. The van der Waals surface area contributed by atoms with E-state index in [1.807, 2.05) is 13.0 Å². The Kier molecular flexibility index (Phi) is 4.27. The highest BCUT2D eigenvalue weighted by molar-refractivity contribution is 9.10. The predicted molar refractivity (Wildman–Crippen MR) is 99.7 cm³/mol. The molecule has 2 aliphatic rings. The Labute approximate surface area is 151 Å². The maximum atomic E-state index is 6.12. The van der Waals surface area contributed by atoms with Gasteiger partial charge in [-0.2, -0.15) is 0 Å². The summed E-state index contributed by atoms with van der Waals surface area (Å²) >= 11 is 3.73. The highest BCUT2D eigenvalue weighted by Crippen LogP contribution is 2.51. The molecule has 3 atom stereocenters. The van der Waals surface area contributed by atoms with E-state index in [9.17, 15) is 0 Å². The fraction of sp³-hybridized carbons (Fsp3) is 0.400. The van der Waals surface area contributed by atoms with Crippen molar-refractivity contribution in [2.24, 2.45) is 5.92 Å². The molecule has 0 unspecified atom stereocenters. The third-order valence-corrected chi connectivity index (χ3v) is 5.73. The normalized spacial score (nSPS) is 24.9. The molecule has 0 radical (unpaired) electrons. The average molecular weight is 388 g/mol. The molecule has 0 saturated carbocycles. The zero-order chi connectivity index (χ0) is 16.7. The van der Waals surface area contributed by atoms with E-state index in [1.165, 1.54) is 22.4 Å². The minimum absolute atomic E-state index is 0.175. The molecular weight excluding hydrogens is 366 g/mol. The van der Waals surface area contributed by atoms with Crippen LogP contribution in [0.3, 0.4) is 0 Å². The molecule has 2 aliphatic heterocycles. The van der Waals surface area contributed by atoms with Crippen molar-refractivity contribution in [3.63, 3.8) is 0 Å². The summed E-state index contributed by atoms with van der Waals surface area (Å²) in [6, 6.07) is 13.1. The molecule has 4 heteroatoms. The number of halogens is 1. The van der Waals surface area contributed by atoms with E-state index in [2.05, 4.69) is 58.5 Å². The molecule has 1 saturated heterocycles. The van der Waals surface area contributed by atoms with Crippen LogP contribution in [0.1, 0.15) is 42.2 Å². The Morgan fingerprint density at radius 1 is 1.21 bits per heavy atom. The summed E-state index contributed by atoms with van der Waals surface area (Å²) in [7, 11) is 0. The molecule has 24 heavy (non-hydrogen) atoms. The van der Waals surface area contributed by atoms with Gasteiger partial charge in [-0.15, -0.1) is 0 Å². The topological polar surface area (TPSA) is 30.5 Å². The molecule has 3 nitrogen and oxygen atoms in total. The van der Waals surface area contributed by atoms with Gasteiger partial charge in [-0.3, -0.25) is 0 Å². The number of aryl methyl sites for hydroxylation is 1. The Balaban J connectivity index is 1.76. The third-order valence-electron chi connectivity index (χ3n) is 5.00. The minimum Gasteiger partial charge on any atom is -0.494 e. The second kappa shape index (κ2) is 6.41. The molecule has 0 aromatic heterocycles. The van der Waals surface area contributed by atoms with E-state index in [0.29, 0.717) is 12.5 Å². The lowest BCUT2D eigenvalue weighted by atomic mass is 9.80. The van der Waals surface area contributed by atoms with Crippen LogP contribution in [0.4, 0.5) is 5.69 Å². The van der Waals surface area contributed by atoms with Crippen molar-refractivity contribution in [1.82, 2.24) is 0 Å². The average Bonchev–Trinajstić information content (AvgIpc) is 3.06. The Morgan fingerprint density at radius 3 is 2.92 bits per heavy atom. The summed E-state index contributed by atoms with van der Waals surface area (Å²) in [6.45, 7) is 5.65. The van der Waals surface area contributed by atoms with Crippen molar-refractivity contribution in [3.8, 4) is 5.75 Å². The van der Waals surface area contributed by atoms with E-state index in [1.54, 1.807) is 0 Å². The van der Waals surface area contributed by atoms with Crippen molar-refractivity contribution in [1.29, 1.82) is 0 Å². The van der Waals surface area contributed by atoms with Gasteiger partial charge >= 0.3 is 0 Å². The largest absolute Gasteiger partial charge is 0.494 e. The van der Waals surface area contributed by atoms with Crippen LogP contribution >= 0.6 is 15.9 Å². The zero-order valence-corrected chi connectivity index (χ0v) is 15.6. The first-order valence-electron chi connectivity index (χ1n) is 8.58. The van der Waals surface area contributed by atoms with Crippen molar-refractivity contribution in [3.05, 3.63) is 57.6 Å². The van der Waals surface area contributed by atoms with Crippen molar-refractivity contribution in [2.75, 3.05) is 18.5 Å². The number of rotatable bonds is 3. The van der Waals surface area contributed by atoms with E-state index in [4.69, 9.17) is 9.47 Å². The Hall–Kier alpha value is -1.52. The van der Waals surface area contributed by atoms with Crippen molar-refractivity contribution >= 4 is 21.6 Å². The lowest BCUT2D eigenvalue weighted by Gasteiger charge is -2.37. The van der Waals surface area contributed by atoms with Crippen LogP contribution in [0.25, 0.3) is 0 Å². The van der Waals surface area contributed by atoms with Crippen LogP contribution < -0.4 is 10.1 Å². The van der Waals surface area contributed by atoms with Gasteiger partial charge in [-0.1, -0.05) is 33.6 Å². The van der Waals surface area contributed by atoms with E-state index in [-0.39, 0.29) is 12.1 Å². The van der Waals surface area contributed by atoms with E-state index >= 15 is 0 Å². The maximum absolute atomic E-state index is 6.12. The first-order chi connectivity index (χ1) is 11.7. The number of hydrogen-bond acceptors (Lipinski definition) is 3. The molecule has 1 fully saturated rings. The molecule has 0 amide bonds. The molecule has 0 aliphatic carbocycles. The van der Waals surface area contributed by atoms with Gasteiger partial charge in [0.15, 0.2) is 0 Å². The summed E-state index contributed by atoms with van der Waals surface area (Å²) < 4.78 is 12.9.